The van der Waals surface area contributed by atoms with Crippen molar-refractivity contribution in [2.75, 3.05) is 5.73 Å². The van der Waals surface area contributed by atoms with Gasteiger partial charge in [-0.15, -0.1) is 22.7 Å². The van der Waals surface area contributed by atoms with Crippen LogP contribution in [0, 0.1) is 0 Å². The molecule has 2 N–H and O–H groups in total. The second kappa shape index (κ2) is 6.57. The van der Waals surface area contributed by atoms with E-state index in [4.69, 9.17) is 15.7 Å². The molecule has 0 aliphatic rings. The second-order valence-electron chi connectivity index (χ2n) is 6.91. The summed E-state index contributed by atoms with van der Waals surface area (Å²) in [4.78, 5) is 9.47. The first-order valence-corrected chi connectivity index (χ1v) is 10.6. The summed E-state index contributed by atoms with van der Waals surface area (Å²) >= 11 is 3.15. The molecule has 0 unspecified atom stereocenters. The maximum Gasteiger partial charge on any atom is 0.270 e. The van der Waals surface area contributed by atoms with Crippen molar-refractivity contribution in [2.45, 2.75) is 12.8 Å². The number of nitrogens with zero attached hydrogens (tertiary/aromatic N) is 2. The molecule has 3 aromatic carbocycles. The summed E-state index contributed by atoms with van der Waals surface area (Å²) < 4.78 is 28.9. The lowest BCUT2D eigenvalue weighted by Crippen LogP contribution is -2.06. The first kappa shape index (κ1) is 18.1. The van der Waals surface area contributed by atoms with Crippen molar-refractivity contribution in [2.24, 2.45) is 0 Å². The monoisotopic (exact) mass is 423 g/mol. The molecule has 0 bridgehead atoms. The van der Waals surface area contributed by atoms with Crippen LogP contribution in [0.2, 0.25) is 0 Å². The van der Waals surface area contributed by atoms with Gasteiger partial charge in [0.15, 0.2) is 0 Å². The third-order valence-corrected chi connectivity index (χ3v) is 6.83. The van der Waals surface area contributed by atoms with Crippen molar-refractivity contribution in [1.82, 2.24) is 9.97 Å². The minimum absolute atomic E-state index is 0.00210. The Morgan fingerprint density at radius 1 is 0.759 bits per heavy atom. The fourth-order valence-electron chi connectivity index (χ4n) is 3.13. The summed E-state index contributed by atoms with van der Waals surface area (Å²) in [5, 5.41) is 1.75. The van der Waals surface area contributed by atoms with Crippen LogP contribution in [0.4, 0.5) is 14.5 Å². The molecule has 3 nitrogen and oxygen atoms in total. The Morgan fingerprint density at radius 2 is 1.21 bits per heavy atom. The quantitative estimate of drug-likeness (QED) is 0.320. The Labute approximate surface area is 173 Å². The molecule has 0 aliphatic heterocycles. The van der Waals surface area contributed by atoms with E-state index in [9.17, 15) is 8.78 Å². The van der Waals surface area contributed by atoms with Gasteiger partial charge in [0, 0.05) is 29.3 Å². The lowest BCUT2D eigenvalue weighted by Gasteiger charge is -2.10. The predicted molar refractivity (Wildman–Crippen MR) is 118 cm³/mol. The summed E-state index contributed by atoms with van der Waals surface area (Å²) in [5.41, 5.74) is 10.2. The van der Waals surface area contributed by atoms with E-state index in [1.807, 2.05) is 36.4 Å². The molecule has 29 heavy (non-hydrogen) atoms. The van der Waals surface area contributed by atoms with Crippen LogP contribution in [-0.4, -0.2) is 9.97 Å². The molecule has 5 rings (SSSR count). The number of nitrogens with two attached hydrogens (primary N) is 1. The summed E-state index contributed by atoms with van der Waals surface area (Å²) in [6.07, 6.45) is 0. The zero-order valence-corrected chi connectivity index (χ0v) is 17.0. The van der Waals surface area contributed by atoms with E-state index < -0.39 is 5.92 Å². The fraction of sp³-hybridized carbons (Fsp3) is 0.0909. The van der Waals surface area contributed by atoms with Crippen molar-refractivity contribution < 1.29 is 8.78 Å². The summed E-state index contributed by atoms with van der Waals surface area (Å²) in [6, 6.07) is 18.1. The molecule has 0 spiro atoms. The molecule has 0 aliphatic carbocycles. The summed E-state index contributed by atoms with van der Waals surface area (Å²) in [7, 11) is 0. The molecule has 0 saturated heterocycles. The van der Waals surface area contributed by atoms with E-state index in [1.54, 1.807) is 23.5 Å². The van der Waals surface area contributed by atoms with Crippen molar-refractivity contribution in [3.63, 3.8) is 0 Å². The van der Waals surface area contributed by atoms with Crippen LogP contribution in [0.15, 0.2) is 60.7 Å². The highest BCUT2D eigenvalue weighted by molar-refractivity contribution is 7.23. The SMILES string of the molecule is CC(F)(F)c1ccc(-c2nc3cc4sc(-c5ccc(N)cc5)nc4cc3s2)cc1. The van der Waals surface area contributed by atoms with Gasteiger partial charge in [-0.1, -0.05) is 24.3 Å². The van der Waals surface area contributed by atoms with E-state index in [0.29, 0.717) is 0 Å². The van der Waals surface area contributed by atoms with Gasteiger partial charge in [0.05, 0.1) is 20.4 Å². The number of anilines is 1. The van der Waals surface area contributed by atoms with E-state index in [-0.39, 0.29) is 5.56 Å². The first-order valence-electron chi connectivity index (χ1n) is 8.92. The van der Waals surface area contributed by atoms with Crippen LogP contribution in [-0.2, 0) is 5.92 Å². The molecule has 0 radical (unpaired) electrons. The van der Waals surface area contributed by atoms with Gasteiger partial charge in [-0.25, -0.2) is 18.7 Å². The number of hydrogen-bond acceptors (Lipinski definition) is 5. The van der Waals surface area contributed by atoms with Crippen molar-refractivity contribution in [1.29, 1.82) is 0 Å². The number of aromatic nitrogens is 2. The number of nitrogen functional groups attached to an aromatic ring is 1. The Morgan fingerprint density at radius 3 is 1.66 bits per heavy atom. The Kier molecular flexibility index (Phi) is 4.11. The molecular formula is C22H15F2N3S2. The number of halogens is 2. The fourth-order valence-corrected chi connectivity index (χ4v) is 5.10. The molecule has 2 heterocycles. The van der Waals surface area contributed by atoms with Gasteiger partial charge in [0.25, 0.3) is 5.92 Å². The highest BCUT2D eigenvalue weighted by atomic mass is 32.1. The van der Waals surface area contributed by atoms with Crippen molar-refractivity contribution in [3.05, 3.63) is 66.2 Å². The Bertz CT molecular complexity index is 1280. The molecule has 0 amide bonds. The molecule has 144 valence electrons. The Hall–Kier alpha value is -2.90. The highest BCUT2D eigenvalue weighted by Gasteiger charge is 2.24. The average molecular weight is 424 g/mol. The van der Waals surface area contributed by atoms with Crippen LogP contribution < -0.4 is 5.73 Å². The largest absolute Gasteiger partial charge is 0.399 e. The highest BCUT2D eigenvalue weighted by Crippen LogP contribution is 2.37. The summed E-state index contributed by atoms with van der Waals surface area (Å²) in [6.45, 7) is 0.901. The van der Waals surface area contributed by atoms with E-state index in [1.165, 1.54) is 23.5 Å². The summed E-state index contributed by atoms with van der Waals surface area (Å²) in [5.74, 6) is -2.84. The smallest absolute Gasteiger partial charge is 0.270 e. The predicted octanol–water partition coefficient (Wildman–Crippen LogP) is 6.93. The Balaban J connectivity index is 1.53. The van der Waals surface area contributed by atoms with E-state index in [0.717, 1.165) is 54.2 Å². The van der Waals surface area contributed by atoms with E-state index in [2.05, 4.69) is 0 Å². The van der Waals surface area contributed by atoms with Crippen LogP contribution in [0.3, 0.4) is 0 Å². The topological polar surface area (TPSA) is 51.8 Å². The van der Waals surface area contributed by atoms with Gasteiger partial charge in [-0.05, 0) is 36.4 Å². The van der Waals surface area contributed by atoms with Crippen molar-refractivity contribution >= 4 is 48.8 Å². The van der Waals surface area contributed by atoms with Crippen LogP contribution in [0.25, 0.3) is 41.6 Å². The molecule has 5 aromatic rings. The number of rotatable bonds is 3. The van der Waals surface area contributed by atoms with E-state index >= 15 is 0 Å². The molecule has 0 saturated carbocycles. The number of benzene rings is 3. The van der Waals surface area contributed by atoms with Gasteiger partial charge in [-0.2, -0.15) is 0 Å². The minimum Gasteiger partial charge on any atom is -0.399 e. The number of thiazole rings is 2. The lowest BCUT2D eigenvalue weighted by atomic mass is 10.1. The van der Waals surface area contributed by atoms with Gasteiger partial charge in [-0.3, -0.25) is 0 Å². The number of hydrogen-bond donors (Lipinski definition) is 1. The molecule has 0 atom stereocenters. The lowest BCUT2D eigenvalue weighted by molar-refractivity contribution is 0.0175. The normalized spacial score (nSPS) is 12.1. The number of alkyl halides is 2. The number of fused-ring (bicyclic) bond motifs is 2. The standard InChI is InChI=1S/C22H15F2N3S2/c1-22(23,24)14-6-2-12(3-7-14)20-26-16-10-19-17(11-18(16)28-20)27-21(29-19)13-4-8-15(25)9-5-13/h2-11H,25H2,1H3. The third kappa shape index (κ3) is 3.36. The van der Waals surface area contributed by atoms with Gasteiger partial charge >= 0.3 is 0 Å². The zero-order chi connectivity index (χ0) is 20.2. The third-order valence-electron chi connectivity index (χ3n) is 4.69. The molecular weight excluding hydrogens is 408 g/mol. The molecule has 2 aromatic heterocycles. The zero-order valence-electron chi connectivity index (χ0n) is 15.3. The van der Waals surface area contributed by atoms with Crippen LogP contribution in [0.5, 0.6) is 0 Å². The maximum atomic E-state index is 13.4. The van der Waals surface area contributed by atoms with Crippen LogP contribution >= 0.6 is 22.7 Å². The first-order chi connectivity index (χ1) is 13.9. The van der Waals surface area contributed by atoms with Crippen molar-refractivity contribution in [3.8, 4) is 21.1 Å². The minimum atomic E-state index is -2.84. The van der Waals surface area contributed by atoms with Gasteiger partial charge in [0.1, 0.15) is 10.0 Å². The average Bonchev–Trinajstić information content (AvgIpc) is 3.29. The molecule has 0 fully saturated rings. The van der Waals surface area contributed by atoms with Crippen LogP contribution in [0.1, 0.15) is 12.5 Å². The molecule has 7 heteroatoms. The second-order valence-corrected chi connectivity index (χ2v) is 8.97. The van der Waals surface area contributed by atoms with Gasteiger partial charge in [0.2, 0.25) is 0 Å². The van der Waals surface area contributed by atoms with Gasteiger partial charge < -0.3 is 5.73 Å². The maximum absolute atomic E-state index is 13.4.